The summed E-state index contributed by atoms with van der Waals surface area (Å²) in [7, 11) is 1.56. The van der Waals surface area contributed by atoms with E-state index >= 15 is 0 Å². The van der Waals surface area contributed by atoms with Crippen molar-refractivity contribution in [3.8, 4) is 11.5 Å². The standard InChI is InChI=1S/C26H32O4.Li/c1-17(2)11-14-21-20(16-13-19-9-7-6-8-10-19)23(26(28)29)24(27)22(25(21)30-5)15-12-18(3)4;/h6-12,27H,13-16H2,1-5H3,(H,28,29);/q;+1/p-1. The Morgan fingerprint density at radius 2 is 1.48 bits per heavy atom. The normalized spacial score (nSPS) is 10.1. The molecule has 0 aromatic heterocycles. The van der Waals surface area contributed by atoms with Crippen molar-refractivity contribution < 1.29 is 38.6 Å². The number of phenols is 1. The Morgan fingerprint density at radius 1 is 0.935 bits per heavy atom. The minimum Gasteiger partial charge on any atom is -0.545 e. The fourth-order valence-corrected chi connectivity index (χ4v) is 3.55. The van der Waals surface area contributed by atoms with Crippen molar-refractivity contribution in [2.24, 2.45) is 0 Å². The van der Waals surface area contributed by atoms with E-state index in [1.54, 1.807) is 7.11 Å². The van der Waals surface area contributed by atoms with Crippen LogP contribution in [-0.2, 0) is 25.7 Å². The molecule has 0 heterocycles. The molecule has 0 amide bonds. The number of carbonyl (C=O) groups excluding carboxylic acids is 1. The first kappa shape index (κ1) is 26.6. The van der Waals surface area contributed by atoms with E-state index in [-0.39, 0.29) is 30.2 Å². The van der Waals surface area contributed by atoms with Gasteiger partial charge < -0.3 is 19.7 Å². The number of aromatic hydroxyl groups is 1. The minimum atomic E-state index is -1.37. The van der Waals surface area contributed by atoms with E-state index in [0.717, 1.165) is 22.3 Å². The molecule has 0 saturated heterocycles. The van der Waals surface area contributed by atoms with Crippen LogP contribution in [0, 0.1) is 0 Å². The van der Waals surface area contributed by atoms with Crippen LogP contribution in [0.3, 0.4) is 0 Å². The Labute approximate surface area is 197 Å². The van der Waals surface area contributed by atoms with Crippen LogP contribution in [0.1, 0.15) is 60.3 Å². The van der Waals surface area contributed by atoms with Gasteiger partial charge in [0.15, 0.2) is 0 Å². The van der Waals surface area contributed by atoms with Gasteiger partial charge in [0.25, 0.3) is 0 Å². The van der Waals surface area contributed by atoms with Gasteiger partial charge in [-0.2, -0.15) is 0 Å². The third kappa shape index (κ3) is 7.06. The van der Waals surface area contributed by atoms with E-state index in [2.05, 4.69) is 0 Å². The number of aryl methyl sites for hydroxylation is 1. The number of ether oxygens (including phenoxy) is 1. The van der Waals surface area contributed by atoms with Gasteiger partial charge in [-0.25, -0.2) is 0 Å². The molecule has 2 aromatic rings. The fourth-order valence-electron chi connectivity index (χ4n) is 3.55. The van der Waals surface area contributed by atoms with Gasteiger partial charge >= 0.3 is 18.9 Å². The molecule has 0 aliphatic rings. The smallest absolute Gasteiger partial charge is 0.545 e. The number of rotatable bonds is 9. The van der Waals surface area contributed by atoms with Gasteiger partial charge in [0.2, 0.25) is 0 Å². The Hall–Kier alpha value is -2.41. The number of hydrogen-bond acceptors (Lipinski definition) is 4. The van der Waals surface area contributed by atoms with Gasteiger partial charge in [0.1, 0.15) is 11.5 Å². The largest absolute Gasteiger partial charge is 1.00 e. The first-order valence-corrected chi connectivity index (χ1v) is 10.2. The summed E-state index contributed by atoms with van der Waals surface area (Å²) in [5, 5.41) is 23.0. The average Bonchev–Trinajstić information content (AvgIpc) is 2.69. The van der Waals surface area contributed by atoms with Gasteiger partial charge in [-0.15, -0.1) is 0 Å². The summed E-state index contributed by atoms with van der Waals surface area (Å²) in [6, 6.07) is 9.88. The number of allylic oxidation sites excluding steroid dienone is 4. The number of benzene rings is 2. The van der Waals surface area contributed by atoms with Crippen molar-refractivity contribution in [2.45, 2.75) is 53.4 Å². The van der Waals surface area contributed by atoms with Gasteiger partial charge in [0, 0.05) is 16.7 Å². The topological polar surface area (TPSA) is 69.6 Å². The number of carboxylic acids is 1. The Kier molecular flexibility index (Phi) is 10.7. The summed E-state index contributed by atoms with van der Waals surface area (Å²) in [5.41, 5.74) is 5.03. The molecule has 160 valence electrons. The Morgan fingerprint density at radius 3 is 1.97 bits per heavy atom. The predicted molar refractivity (Wildman–Crippen MR) is 119 cm³/mol. The molecular formula is C26H31LiO4. The van der Waals surface area contributed by atoms with Crippen LogP contribution in [0.15, 0.2) is 53.6 Å². The third-order valence-corrected chi connectivity index (χ3v) is 5.08. The second-order valence-corrected chi connectivity index (χ2v) is 7.94. The summed E-state index contributed by atoms with van der Waals surface area (Å²) in [6.07, 6.45) is 6.02. The molecule has 1 N–H and O–H groups in total. The van der Waals surface area contributed by atoms with E-state index < -0.39 is 5.97 Å². The average molecular weight is 414 g/mol. The number of carboxylic acid groups (broad SMARTS) is 1. The zero-order valence-electron chi connectivity index (χ0n) is 19.5. The van der Waals surface area contributed by atoms with Crippen molar-refractivity contribution in [3.05, 3.63) is 81.4 Å². The van der Waals surface area contributed by atoms with Gasteiger partial charge in [-0.3, -0.25) is 0 Å². The van der Waals surface area contributed by atoms with Crippen LogP contribution in [0.25, 0.3) is 0 Å². The molecule has 0 spiro atoms. The molecule has 0 radical (unpaired) electrons. The number of hydrogen-bond donors (Lipinski definition) is 1. The first-order chi connectivity index (χ1) is 14.3. The molecule has 0 saturated carbocycles. The monoisotopic (exact) mass is 414 g/mol. The summed E-state index contributed by atoms with van der Waals surface area (Å²) in [5.74, 6) is -1.07. The molecule has 0 aliphatic heterocycles. The molecule has 0 aliphatic carbocycles. The van der Waals surface area contributed by atoms with Crippen LogP contribution >= 0.6 is 0 Å². The molecule has 4 nitrogen and oxygen atoms in total. The first-order valence-electron chi connectivity index (χ1n) is 10.2. The van der Waals surface area contributed by atoms with Crippen molar-refractivity contribution >= 4 is 5.97 Å². The van der Waals surface area contributed by atoms with Crippen molar-refractivity contribution in [3.63, 3.8) is 0 Å². The summed E-state index contributed by atoms with van der Waals surface area (Å²) < 4.78 is 5.72. The molecular weight excluding hydrogens is 383 g/mol. The summed E-state index contributed by atoms with van der Waals surface area (Å²) in [6.45, 7) is 7.92. The zero-order chi connectivity index (χ0) is 22.3. The van der Waals surface area contributed by atoms with E-state index in [9.17, 15) is 15.0 Å². The molecule has 0 atom stereocenters. The van der Waals surface area contributed by atoms with Crippen LogP contribution in [-0.4, -0.2) is 18.2 Å². The van der Waals surface area contributed by atoms with Crippen molar-refractivity contribution in [1.29, 1.82) is 0 Å². The minimum absolute atomic E-state index is 0. The summed E-state index contributed by atoms with van der Waals surface area (Å²) >= 11 is 0. The second-order valence-electron chi connectivity index (χ2n) is 7.94. The number of carbonyl (C=O) groups is 1. The molecule has 0 fully saturated rings. The number of aromatic carboxylic acids is 1. The van der Waals surface area contributed by atoms with Gasteiger partial charge in [-0.1, -0.05) is 53.6 Å². The van der Waals surface area contributed by atoms with Crippen LogP contribution in [0.2, 0.25) is 0 Å². The molecule has 0 bridgehead atoms. The van der Waals surface area contributed by atoms with E-state index in [1.165, 1.54) is 0 Å². The maximum Gasteiger partial charge on any atom is 1.00 e. The van der Waals surface area contributed by atoms with Crippen LogP contribution in [0.4, 0.5) is 0 Å². The van der Waals surface area contributed by atoms with E-state index in [1.807, 2.05) is 70.2 Å². The maximum atomic E-state index is 12.1. The molecule has 2 rings (SSSR count). The molecule has 2 aromatic carbocycles. The van der Waals surface area contributed by atoms with E-state index in [4.69, 9.17) is 4.74 Å². The van der Waals surface area contributed by atoms with Crippen molar-refractivity contribution in [2.75, 3.05) is 7.11 Å². The number of methoxy groups -OCH3 is 1. The van der Waals surface area contributed by atoms with Crippen LogP contribution < -0.4 is 28.7 Å². The Bertz CT molecular complexity index is 951. The van der Waals surface area contributed by atoms with Crippen LogP contribution in [0.5, 0.6) is 11.5 Å². The van der Waals surface area contributed by atoms with E-state index in [0.29, 0.717) is 42.6 Å². The SMILES string of the molecule is COc1c(CC=C(C)C)c(O)c(C(=O)[O-])c(CCc2ccccc2)c1CC=C(C)C.[Li+]. The van der Waals surface area contributed by atoms with Gasteiger partial charge in [-0.05, 0) is 64.5 Å². The quantitative estimate of drug-likeness (QED) is 0.500. The third-order valence-electron chi connectivity index (χ3n) is 5.08. The maximum absolute atomic E-state index is 12.1. The Balaban J connectivity index is 0.00000480. The van der Waals surface area contributed by atoms with Crippen molar-refractivity contribution in [1.82, 2.24) is 0 Å². The zero-order valence-corrected chi connectivity index (χ0v) is 19.5. The molecule has 5 heteroatoms. The van der Waals surface area contributed by atoms with Gasteiger partial charge in [0.05, 0.1) is 13.1 Å². The predicted octanol–water partition coefficient (Wildman–Crippen LogP) is 1.57. The summed E-state index contributed by atoms with van der Waals surface area (Å²) in [4.78, 5) is 12.1. The molecule has 0 unspecified atom stereocenters. The molecule has 31 heavy (non-hydrogen) atoms. The second kappa shape index (κ2) is 12.4. The fraction of sp³-hybridized carbons (Fsp3) is 0.346.